The highest BCUT2D eigenvalue weighted by molar-refractivity contribution is 7.92. The molecule has 24 heavy (non-hydrogen) atoms. The largest absolute Gasteiger partial charge is 0.481 e. The number of carbonyl (C=O) groups is 2. The highest BCUT2D eigenvalue weighted by atomic mass is 32.2. The quantitative estimate of drug-likeness (QED) is 0.745. The molecule has 0 heterocycles. The predicted octanol–water partition coefficient (Wildman–Crippen LogP) is 2.03. The highest BCUT2D eigenvalue weighted by Crippen LogP contribution is 2.30. The molecule has 1 aliphatic carbocycles. The maximum atomic E-state index is 13.6. The Balaban J connectivity index is 2.02. The first-order chi connectivity index (χ1) is 11.2. The first kappa shape index (κ1) is 18.2. The topological polar surface area (TPSA) is 113 Å². The fourth-order valence-electron chi connectivity index (χ4n) is 2.73. The van der Waals surface area contributed by atoms with E-state index in [4.69, 9.17) is 5.11 Å². The van der Waals surface area contributed by atoms with Gasteiger partial charge in [-0.15, -0.1) is 0 Å². The van der Waals surface area contributed by atoms with Crippen molar-refractivity contribution in [2.45, 2.75) is 25.7 Å². The summed E-state index contributed by atoms with van der Waals surface area (Å²) in [6, 6.07) is 3.60. The van der Waals surface area contributed by atoms with E-state index in [0.717, 1.165) is 12.3 Å². The van der Waals surface area contributed by atoms with Gasteiger partial charge in [-0.05, 0) is 43.9 Å². The van der Waals surface area contributed by atoms with Crippen molar-refractivity contribution in [2.75, 3.05) is 16.3 Å². The Bertz CT molecular complexity index is 742. The third kappa shape index (κ3) is 4.92. The summed E-state index contributed by atoms with van der Waals surface area (Å²) in [6.07, 6.45) is 2.73. The van der Waals surface area contributed by atoms with Gasteiger partial charge in [0.15, 0.2) is 0 Å². The summed E-state index contributed by atoms with van der Waals surface area (Å²) in [5.74, 6) is -2.59. The fourth-order valence-corrected chi connectivity index (χ4v) is 3.28. The van der Waals surface area contributed by atoms with Crippen molar-refractivity contribution in [3.8, 4) is 0 Å². The second-order valence-corrected chi connectivity index (χ2v) is 7.69. The Labute approximate surface area is 139 Å². The Hall–Kier alpha value is -2.16. The summed E-state index contributed by atoms with van der Waals surface area (Å²) in [5, 5.41) is 11.6. The second kappa shape index (κ2) is 7.16. The van der Waals surface area contributed by atoms with E-state index in [9.17, 15) is 22.4 Å². The molecule has 2 rings (SSSR count). The van der Waals surface area contributed by atoms with Gasteiger partial charge in [-0.3, -0.25) is 14.3 Å². The second-order valence-electron chi connectivity index (χ2n) is 5.94. The molecule has 9 heteroatoms. The van der Waals surface area contributed by atoms with Crippen molar-refractivity contribution >= 4 is 33.3 Å². The first-order valence-corrected chi connectivity index (χ1v) is 9.36. The number of halogens is 1. The molecule has 0 aromatic heterocycles. The molecule has 0 aliphatic heterocycles. The number of benzene rings is 1. The minimum absolute atomic E-state index is 0.245. The van der Waals surface area contributed by atoms with Crippen LogP contribution in [0, 0.1) is 17.7 Å². The summed E-state index contributed by atoms with van der Waals surface area (Å²) in [6.45, 7) is 0. The monoisotopic (exact) mass is 358 g/mol. The van der Waals surface area contributed by atoms with E-state index in [2.05, 4.69) is 5.32 Å². The summed E-state index contributed by atoms with van der Waals surface area (Å²) in [4.78, 5) is 23.1. The molecule has 0 atom stereocenters. The molecule has 1 aliphatic rings. The number of carboxylic acid groups (broad SMARTS) is 1. The number of nitrogens with one attached hydrogen (secondary N) is 2. The van der Waals surface area contributed by atoms with Gasteiger partial charge in [0.2, 0.25) is 15.9 Å². The van der Waals surface area contributed by atoms with Crippen molar-refractivity contribution in [2.24, 2.45) is 11.8 Å². The van der Waals surface area contributed by atoms with E-state index in [1.165, 1.54) is 12.1 Å². The van der Waals surface area contributed by atoms with Gasteiger partial charge in [-0.25, -0.2) is 12.8 Å². The van der Waals surface area contributed by atoms with Gasteiger partial charge < -0.3 is 10.4 Å². The molecule has 132 valence electrons. The van der Waals surface area contributed by atoms with Crippen molar-refractivity contribution in [1.29, 1.82) is 0 Å². The molecule has 0 bridgehead atoms. The van der Waals surface area contributed by atoms with Gasteiger partial charge in [-0.2, -0.15) is 0 Å². The highest BCUT2D eigenvalue weighted by Gasteiger charge is 2.29. The summed E-state index contributed by atoms with van der Waals surface area (Å²) in [7, 11) is -3.64. The van der Waals surface area contributed by atoms with Crippen LogP contribution in [0.3, 0.4) is 0 Å². The number of carboxylic acids is 1. The van der Waals surface area contributed by atoms with Crippen LogP contribution in [0.2, 0.25) is 0 Å². The normalized spacial score (nSPS) is 21.1. The van der Waals surface area contributed by atoms with Crippen LogP contribution in [0.25, 0.3) is 0 Å². The first-order valence-electron chi connectivity index (χ1n) is 7.46. The molecule has 1 saturated carbocycles. The van der Waals surface area contributed by atoms with Crippen LogP contribution in [0.5, 0.6) is 0 Å². The molecule has 0 radical (unpaired) electrons. The number of anilines is 2. The summed E-state index contributed by atoms with van der Waals surface area (Å²) < 4.78 is 38.1. The van der Waals surface area contributed by atoms with E-state index >= 15 is 0 Å². The van der Waals surface area contributed by atoms with E-state index in [-0.39, 0.29) is 23.2 Å². The smallest absolute Gasteiger partial charge is 0.306 e. The summed E-state index contributed by atoms with van der Waals surface area (Å²) >= 11 is 0. The van der Waals surface area contributed by atoms with Gasteiger partial charge in [0.05, 0.1) is 17.9 Å². The molecule has 7 nitrogen and oxygen atoms in total. The molecular formula is C15H19FN2O5S. The fraction of sp³-hybridized carbons (Fsp3) is 0.467. The average molecular weight is 358 g/mol. The molecule has 0 saturated heterocycles. The Morgan fingerprint density at radius 3 is 2.29 bits per heavy atom. The lowest BCUT2D eigenvalue weighted by Gasteiger charge is -2.25. The van der Waals surface area contributed by atoms with Crippen molar-refractivity contribution in [3.05, 3.63) is 24.0 Å². The van der Waals surface area contributed by atoms with Crippen molar-refractivity contribution in [1.82, 2.24) is 0 Å². The zero-order valence-corrected chi connectivity index (χ0v) is 13.9. The number of amides is 1. The lowest BCUT2D eigenvalue weighted by molar-refractivity contribution is -0.143. The number of carbonyl (C=O) groups excluding carboxylic acids is 1. The number of hydrogen-bond acceptors (Lipinski definition) is 4. The van der Waals surface area contributed by atoms with Crippen LogP contribution in [0.4, 0.5) is 15.8 Å². The van der Waals surface area contributed by atoms with E-state index in [0.29, 0.717) is 25.7 Å². The van der Waals surface area contributed by atoms with E-state index in [1.54, 1.807) is 0 Å². The van der Waals surface area contributed by atoms with Gasteiger partial charge >= 0.3 is 5.97 Å². The van der Waals surface area contributed by atoms with Gasteiger partial charge in [0, 0.05) is 11.6 Å². The van der Waals surface area contributed by atoms with Crippen molar-refractivity contribution < 1.29 is 27.5 Å². The molecule has 1 fully saturated rings. The number of aliphatic carboxylic acids is 1. The van der Waals surface area contributed by atoms with Gasteiger partial charge in [0.1, 0.15) is 5.82 Å². The summed E-state index contributed by atoms with van der Waals surface area (Å²) in [5.41, 5.74) is 0.0257. The molecular weight excluding hydrogens is 339 g/mol. The molecule has 1 amide bonds. The molecule has 0 unspecified atom stereocenters. The average Bonchev–Trinajstić information content (AvgIpc) is 2.49. The van der Waals surface area contributed by atoms with Crippen LogP contribution in [0.1, 0.15) is 25.7 Å². The number of sulfonamides is 1. The zero-order chi connectivity index (χ0) is 17.9. The number of rotatable bonds is 5. The Kier molecular flexibility index (Phi) is 5.43. The zero-order valence-electron chi connectivity index (χ0n) is 13.1. The van der Waals surface area contributed by atoms with Crippen LogP contribution in [-0.4, -0.2) is 31.7 Å². The minimum Gasteiger partial charge on any atom is -0.481 e. The number of hydrogen-bond donors (Lipinski definition) is 3. The maximum Gasteiger partial charge on any atom is 0.306 e. The van der Waals surface area contributed by atoms with Crippen LogP contribution >= 0.6 is 0 Å². The van der Waals surface area contributed by atoms with Crippen LogP contribution in [0.15, 0.2) is 18.2 Å². The van der Waals surface area contributed by atoms with Gasteiger partial charge in [0.25, 0.3) is 0 Å². The van der Waals surface area contributed by atoms with Crippen molar-refractivity contribution in [3.63, 3.8) is 0 Å². The van der Waals surface area contributed by atoms with E-state index in [1.807, 2.05) is 4.72 Å². The SMILES string of the molecule is CS(=O)(=O)Nc1cc(NC(=O)C2CCC(C(=O)O)CC2)ccc1F. The third-order valence-electron chi connectivity index (χ3n) is 3.98. The molecule has 0 spiro atoms. The van der Waals surface area contributed by atoms with Crippen LogP contribution in [-0.2, 0) is 19.6 Å². The lowest BCUT2D eigenvalue weighted by atomic mass is 9.81. The Morgan fingerprint density at radius 1 is 1.17 bits per heavy atom. The van der Waals surface area contributed by atoms with Crippen LogP contribution < -0.4 is 10.0 Å². The lowest BCUT2D eigenvalue weighted by Crippen LogP contribution is -2.29. The van der Waals surface area contributed by atoms with E-state index < -0.39 is 27.7 Å². The third-order valence-corrected chi connectivity index (χ3v) is 4.57. The molecule has 3 N–H and O–H groups in total. The molecule has 1 aromatic carbocycles. The predicted molar refractivity (Wildman–Crippen MR) is 86.6 cm³/mol. The standard InChI is InChI=1S/C15H19FN2O5S/c1-24(22,23)18-13-8-11(6-7-12(13)16)17-14(19)9-2-4-10(5-3-9)15(20)21/h6-10,18H,2-5H2,1H3,(H,17,19)(H,20,21). The molecule has 1 aromatic rings. The van der Waals surface area contributed by atoms with Gasteiger partial charge in [-0.1, -0.05) is 0 Å². The minimum atomic E-state index is -3.64. The maximum absolute atomic E-state index is 13.6. The Morgan fingerprint density at radius 2 is 1.75 bits per heavy atom.